The number of thiophene rings is 1. The maximum Gasteiger partial charge on any atom is 0.0931 e. The van der Waals surface area contributed by atoms with Crippen LogP contribution in [0.25, 0.3) is 0 Å². The first kappa shape index (κ1) is 11.0. The van der Waals surface area contributed by atoms with Crippen molar-refractivity contribution in [2.45, 2.75) is 12.5 Å². The molecule has 1 unspecified atom stereocenters. The molecule has 2 rings (SSSR count). The van der Waals surface area contributed by atoms with Crippen molar-refractivity contribution < 1.29 is 0 Å². The third-order valence-corrected chi connectivity index (χ3v) is 3.86. The minimum atomic E-state index is 0.221. The highest BCUT2D eigenvalue weighted by Crippen LogP contribution is 2.25. The molecule has 0 aliphatic rings. The van der Waals surface area contributed by atoms with Gasteiger partial charge >= 0.3 is 0 Å². The van der Waals surface area contributed by atoms with Crippen molar-refractivity contribution in [3.05, 3.63) is 33.2 Å². The number of hydrogen-bond donors (Lipinski definition) is 1. The molecule has 15 heavy (non-hydrogen) atoms. The van der Waals surface area contributed by atoms with Gasteiger partial charge in [-0.05, 0) is 19.2 Å². The lowest BCUT2D eigenvalue weighted by atomic mass is 10.1. The molecule has 0 fully saturated rings. The summed E-state index contributed by atoms with van der Waals surface area (Å²) in [6, 6.07) is 4.20. The molecule has 0 radical (unpaired) electrons. The third kappa shape index (κ3) is 2.75. The fourth-order valence-electron chi connectivity index (χ4n) is 1.34. The van der Waals surface area contributed by atoms with Crippen molar-refractivity contribution in [3.8, 4) is 0 Å². The number of likely N-dealkylation sites (N-methyl/N-ethyl adjacent to an activating group) is 1. The van der Waals surface area contributed by atoms with Gasteiger partial charge in [0.15, 0.2) is 0 Å². The molecule has 0 aromatic carbocycles. The van der Waals surface area contributed by atoms with E-state index in [-0.39, 0.29) is 6.04 Å². The normalized spacial score (nSPS) is 12.9. The fourth-order valence-corrected chi connectivity index (χ4v) is 2.95. The van der Waals surface area contributed by atoms with Gasteiger partial charge in [0.05, 0.1) is 34.0 Å². The lowest BCUT2D eigenvalue weighted by Crippen LogP contribution is -2.18. The van der Waals surface area contributed by atoms with Crippen LogP contribution >= 0.6 is 34.7 Å². The summed E-state index contributed by atoms with van der Waals surface area (Å²) in [5, 5.41) is 3.23. The first-order valence-electron chi connectivity index (χ1n) is 4.48. The van der Waals surface area contributed by atoms with Crippen LogP contribution in [0, 0.1) is 0 Å². The molecule has 1 atom stereocenters. The Hall–Kier alpha value is -0.490. The minimum absolute atomic E-state index is 0.221. The molecule has 2 heterocycles. The Labute approximate surface area is 101 Å². The van der Waals surface area contributed by atoms with Crippen molar-refractivity contribution in [2.24, 2.45) is 0 Å². The van der Waals surface area contributed by atoms with Gasteiger partial charge in [-0.1, -0.05) is 11.6 Å². The monoisotopic (exact) mass is 259 g/mol. The Kier molecular flexibility index (Phi) is 3.69. The zero-order valence-electron chi connectivity index (χ0n) is 8.11. The molecule has 0 spiro atoms. The SMILES string of the molecule is CNC(Cc1ccc(Cl)s1)c1cnsn1. The molecule has 1 N–H and O–H groups in total. The summed E-state index contributed by atoms with van der Waals surface area (Å²) in [6.07, 6.45) is 2.71. The Bertz CT molecular complexity index is 413. The zero-order valence-corrected chi connectivity index (χ0v) is 10.5. The first-order chi connectivity index (χ1) is 7.29. The molecular formula is C9H10ClN3S2. The van der Waals surface area contributed by atoms with E-state index < -0.39 is 0 Å². The summed E-state index contributed by atoms with van der Waals surface area (Å²) < 4.78 is 9.07. The number of nitrogens with one attached hydrogen (secondary N) is 1. The number of nitrogens with zero attached hydrogens (tertiary/aromatic N) is 2. The van der Waals surface area contributed by atoms with Crippen LogP contribution in [0.1, 0.15) is 16.6 Å². The largest absolute Gasteiger partial charge is 0.311 e. The summed E-state index contributed by atoms with van der Waals surface area (Å²) in [6.45, 7) is 0. The van der Waals surface area contributed by atoms with E-state index in [1.165, 1.54) is 16.6 Å². The average molecular weight is 260 g/mol. The molecule has 0 saturated heterocycles. The molecule has 0 aliphatic heterocycles. The molecule has 2 aromatic heterocycles. The van der Waals surface area contributed by atoms with E-state index in [2.05, 4.69) is 20.1 Å². The second-order valence-corrected chi connectivity index (χ2v) is 5.44. The van der Waals surface area contributed by atoms with Crippen molar-refractivity contribution in [3.63, 3.8) is 0 Å². The molecule has 6 heteroatoms. The van der Waals surface area contributed by atoms with Gasteiger partial charge in [-0.25, -0.2) is 0 Å². The average Bonchev–Trinajstić information content (AvgIpc) is 2.85. The fraction of sp³-hybridized carbons (Fsp3) is 0.333. The van der Waals surface area contributed by atoms with Gasteiger partial charge in [-0.3, -0.25) is 0 Å². The van der Waals surface area contributed by atoms with Crippen LogP contribution in [0.5, 0.6) is 0 Å². The van der Waals surface area contributed by atoms with Crippen LogP contribution in [0.15, 0.2) is 18.3 Å². The Morgan fingerprint density at radius 2 is 2.40 bits per heavy atom. The zero-order chi connectivity index (χ0) is 10.7. The summed E-state index contributed by atoms with van der Waals surface area (Å²) in [5.41, 5.74) is 0.993. The van der Waals surface area contributed by atoms with Crippen molar-refractivity contribution in [2.75, 3.05) is 7.05 Å². The second kappa shape index (κ2) is 5.03. The summed E-state index contributed by atoms with van der Waals surface area (Å²) >= 11 is 8.73. The van der Waals surface area contributed by atoms with E-state index >= 15 is 0 Å². The summed E-state index contributed by atoms with van der Waals surface area (Å²) in [7, 11) is 1.93. The number of hydrogen-bond acceptors (Lipinski definition) is 5. The van der Waals surface area contributed by atoms with Crippen LogP contribution in [0.3, 0.4) is 0 Å². The number of rotatable bonds is 4. The third-order valence-electron chi connectivity index (χ3n) is 2.12. The van der Waals surface area contributed by atoms with E-state index in [0.717, 1.165) is 16.5 Å². The molecule has 2 aromatic rings. The van der Waals surface area contributed by atoms with Gasteiger partial charge in [0, 0.05) is 11.3 Å². The predicted molar refractivity (Wildman–Crippen MR) is 64.7 cm³/mol. The van der Waals surface area contributed by atoms with Gasteiger partial charge < -0.3 is 5.32 Å². The van der Waals surface area contributed by atoms with Gasteiger partial charge in [-0.15, -0.1) is 11.3 Å². The van der Waals surface area contributed by atoms with Crippen molar-refractivity contribution in [1.29, 1.82) is 0 Å². The van der Waals surface area contributed by atoms with Gasteiger partial charge in [0.25, 0.3) is 0 Å². The maximum absolute atomic E-state index is 5.88. The molecule has 80 valence electrons. The molecular weight excluding hydrogens is 250 g/mol. The van der Waals surface area contributed by atoms with Gasteiger partial charge in [0.2, 0.25) is 0 Å². The smallest absolute Gasteiger partial charge is 0.0931 e. The van der Waals surface area contributed by atoms with Crippen LogP contribution in [-0.4, -0.2) is 15.8 Å². The predicted octanol–water partition coefficient (Wildman–Crippen LogP) is 2.76. The Balaban J connectivity index is 2.09. The lowest BCUT2D eigenvalue weighted by Gasteiger charge is -2.11. The van der Waals surface area contributed by atoms with Gasteiger partial charge in [0.1, 0.15) is 0 Å². The molecule has 0 aliphatic carbocycles. The molecule has 0 bridgehead atoms. The Morgan fingerprint density at radius 3 is 2.93 bits per heavy atom. The second-order valence-electron chi connectivity index (χ2n) is 3.08. The summed E-state index contributed by atoms with van der Waals surface area (Å²) in [5.74, 6) is 0. The molecule has 0 saturated carbocycles. The van der Waals surface area contributed by atoms with Crippen LogP contribution in [0.4, 0.5) is 0 Å². The maximum atomic E-state index is 5.88. The highest BCUT2D eigenvalue weighted by molar-refractivity contribution is 7.16. The molecule has 0 amide bonds. The standard InChI is InChI=1S/C9H10ClN3S2/c1-11-7(8-5-12-15-13-8)4-6-2-3-9(10)14-6/h2-3,5,7,11H,4H2,1H3. The van der Waals surface area contributed by atoms with E-state index in [1.807, 2.05) is 13.1 Å². The highest BCUT2D eigenvalue weighted by Gasteiger charge is 2.13. The number of halogens is 1. The van der Waals surface area contributed by atoms with Gasteiger partial charge in [-0.2, -0.15) is 8.75 Å². The minimum Gasteiger partial charge on any atom is -0.311 e. The number of aromatic nitrogens is 2. The van der Waals surface area contributed by atoms with E-state index in [0.29, 0.717) is 0 Å². The summed E-state index contributed by atoms with van der Waals surface area (Å²) in [4.78, 5) is 1.26. The van der Waals surface area contributed by atoms with E-state index in [9.17, 15) is 0 Å². The van der Waals surface area contributed by atoms with Crippen molar-refractivity contribution in [1.82, 2.24) is 14.1 Å². The van der Waals surface area contributed by atoms with Crippen LogP contribution < -0.4 is 5.32 Å². The highest BCUT2D eigenvalue weighted by atomic mass is 35.5. The topological polar surface area (TPSA) is 37.8 Å². The first-order valence-corrected chi connectivity index (χ1v) is 6.41. The quantitative estimate of drug-likeness (QED) is 0.918. The van der Waals surface area contributed by atoms with E-state index in [1.54, 1.807) is 17.5 Å². The van der Waals surface area contributed by atoms with E-state index in [4.69, 9.17) is 11.6 Å². The lowest BCUT2D eigenvalue weighted by molar-refractivity contribution is 0.585. The van der Waals surface area contributed by atoms with Crippen LogP contribution in [-0.2, 0) is 6.42 Å². The van der Waals surface area contributed by atoms with Crippen molar-refractivity contribution >= 4 is 34.7 Å². The van der Waals surface area contributed by atoms with Crippen LogP contribution in [0.2, 0.25) is 4.34 Å². The molecule has 3 nitrogen and oxygen atoms in total. The Morgan fingerprint density at radius 1 is 1.53 bits per heavy atom.